The number of aromatic nitrogens is 2. The molecule has 0 spiro atoms. The SMILES string of the molecule is CCNCc1ccc(-n2cc(C(F)(F)F)cn2)c(Br)c1. The van der Waals surface area contributed by atoms with Gasteiger partial charge in [-0.3, -0.25) is 0 Å². The van der Waals surface area contributed by atoms with Crippen LogP contribution in [0.1, 0.15) is 18.1 Å². The summed E-state index contributed by atoms with van der Waals surface area (Å²) < 4.78 is 39.6. The van der Waals surface area contributed by atoms with Crippen LogP contribution in [0.5, 0.6) is 0 Å². The summed E-state index contributed by atoms with van der Waals surface area (Å²) in [6.45, 7) is 3.57. The van der Waals surface area contributed by atoms with Crippen LogP contribution in [0, 0.1) is 0 Å². The van der Waals surface area contributed by atoms with Crippen molar-refractivity contribution in [1.82, 2.24) is 15.1 Å². The minimum Gasteiger partial charge on any atom is -0.313 e. The standard InChI is InChI=1S/C13H13BrF3N3/c1-2-18-6-9-3-4-12(11(14)5-9)20-8-10(7-19-20)13(15,16)17/h3-5,7-8,18H,2,6H2,1H3. The third kappa shape index (κ3) is 3.40. The van der Waals surface area contributed by atoms with Gasteiger partial charge >= 0.3 is 6.18 Å². The predicted molar refractivity (Wildman–Crippen MR) is 73.6 cm³/mol. The van der Waals surface area contributed by atoms with Crippen molar-refractivity contribution in [2.24, 2.45) is 0 Å². The molecule has 7 heteroatoms. The van der Waals surface area contributed by atoms with E-state index in [1.54, 1.807) is 6.07 Å². The van der Waals surface area contributed by atoms with Crippen LogP contribution in [0.25, 0.3) is 5.69 Å². The largest absolute Gasteiger partial charge is 0.419 e. The molecule has 0 amide bonds. The molecule has 3 nitrogen and oxygen atoms in total. The number of halogens is 4. The first-order chi connectivity index (χ1) is 9.41. The smallest absolute Gasteiger partial charge is 0.313 e. The van der Waals surface area contributed by atoms with E-state index in [1.807, 2.05) is 19.1 Å². The van der Waals surface area contributed by atoms with Crippen LogP contribution in [0.15, 0.2) is 35.1 Å². The molecule has 0 aliphatic heterocycles. The van der Waals surface area contributed by atoms with Gasteiger partial charge in [-0.2, -0.15) is 18.3 Å². The molecule has 0 bridgehead atoms. The second kappa shape index (κ2) is 5.97. The lowest BCUT2D eigenvalue weighted by atomic mass is 10.2. The molecular weight excluding hydrogens is 335 g/mol. The Morgan fingerprint density at radius 2 is 2.10 bits per heavy atom. The molecule has 0 saturated carbocycles. The van der Waals surface area contributed by atoms with Crippen molar-refractivity contribution in [2.45, 2.75) is 19.6 Å². The second-order valence-electron chi connectivity index (χ2n) is 4.24. The molecular formula is C13H13BrF3N3. The second-order valence-corrected chi connectivity index (χ2v) is 5.09. The lowest BCUT2D eigenvalue weighted by molar-refractivity contribution is -0.137. The number of nitrogens with one attached hydrogen (secondary N) is 1. The minimum absolute atomic E-state index is 0.570. The van der Waals surface area contributed by atoms with Crippen LogP contribution >= 0.6 is 15.9 Å². The van der Waals surface area contributed by atoms with E-state index in [0.29, 0.717) is 16.7 Å². The molecule has 1 aromatic carbocycles. The van der Waals surface area contributed by atoms with Crippen LogP contribution in [0.4, 0.5) is 13.2 Å². The zero-order valence-corrected chi connectivity index (χ0v) is 12.3. The Morgan fingerprint density at radius 1 is 1.35 bits per heavy atom. The summed E-state index contributed by atoms with van der Waals surface area (Å²) >= 11 is 3.37. The monoisotopic (exact) mass is 347 g/mol. The molecule has 108 valence electrons. The van der Waals surface area contributed by atoms with Gasteiger partial charge < -0.3 is 5.32 Å². The number of hydrogen-bond acceptors (Lipinski definition) is 2. The third-order valence-corrected chi connectivity index (χ3v) is 3.38. The molecule has 1 heterocycles. The quantitative estimate of drug-likeness (QED) is 0.912. The van der Waals surface area contributed by atoms with Crippen molar-refractivity contribution in [1.29, 1.82) is 0 Å². The number of alkyl halides is 3. The lowest BCUT2D eigenvalue weighted by Gasteiger charge is -2.08. The zero-order chi connectivity index (χ0) is 14.8. The first kappa shape index (κ1) is 15.1. The molecule has 20 heavy (non-hydrogen) atoms. The minimum atomic E-state index is -4.38. The summed E-state index contributed by atoms with van der Waals surface area (Å²) in [7, 11) is 0. The van der Waals surface area contributed by atoms with Crippen LogP contribution in [-0.2, 0) is 12.7 Å². The third-order valence-electron chi connectivity index (χ3n) is 2.75. The van der Waals surface area contributed by atoms with Crippen molar-refractivity contribution >= 4 is 15.9 Å². The Labute approximate surface area is 122 Å². The molecule has 1 N–H and O–H groups in total. The summed E-state index contributed by atoms with van der Waals surface area (Å²) in [5.74, 6) is 0. The van der Waals surface area contributed by atoms with E-state index in [-0.39, 0.29) is 0 Å². The van der Waals surface area contributed by atoms with Crippen LogP contribution in [0.3, 0.4) is 0 Å². The van der Waals surface area contributed by atoms with Crippen LogP contribution < -0.4 is 5.32 Å². The highest BCUT2D eigenvalue weighted by Crippen LogP contribution is 2.30. The number of nitrogens with zero attached hydrogens (tertiary/aromatic N) is 2. The summed E-state index contributed by atoms with van der Waals surface area (Å²) in [6.07, 6.45) is -2.58. The Bertz CT molecular complexity index is 593. The average Bonchev–Trinajstić information content (AvgIpc) is 2.85. The van der Waals surface area contributed by atoms with Crippen LogP contribution in [0.2, 0.25) is 0 Å². The summed E-state index contributed by atoms with van der Waals surface area (Å²) in [5, 5.41) is 6.94. The van der Waals surface area contributed by atoms with E-state index in [1.165, 1.54) is 4.68 Å². The van der Waals surface area contributed by atoms with Gasteiger partial charge in [-0.05, 0) is 40.2 Å². The summed E-state index contributed by atoms with van der Waals surface area (Å²) in [4.78, 5) is 0. The Kier molecular flexibility index (Phi) is 4.49. The molecule has 0 fully saturated rings. The molecule has 1 aromatic heterocycles. The fourth-order valence-electron chi connectivity index (χ4n) is 1.72. The molecule has 0 atom stereocenters. The normalized spacial score (nSPS) is 11.8. The highest BCUT2D eigenvalue weighted by atomic mass is 79.9. The van der Waals surface area contributed by atoms with E-state index < -0.39 is 11.7 Å². The van der Waals surface area contributed by atoms with Gasteiger partial charge in [-0.15, -0.1) is 0 Å². The number of benzene rings is 1. The fourth-order valence-corrected chi connectivity index (χ4v) is 2.32. The van der Waals surface area contributed by atoms with Crippen molar-refractivity contribution in [3.63, 3.8) is 0 Å². The molecule has 0 aliphatic carbocycles. The molecule has 2 aromatic rings. The van der Waals surface area contributed by atoms with Gasteiger partial charge in [0.1, 0.15) is 0 Å². The van der Waals surface area contributed by atoms with E-state index in [0.717, 1.165) is 24.5 Å². The first-order valence-electron chi connectivity index (χ1n) is 6.03. The summed E-state index contributed by atoms with van der Waals surface area (Å²) in [6, 6.07) is 5.47. The molecule has 0 unspecified atom stereocenters. The van der Waals surface area contributed by atoms with Crippen molar-refractivity contribution in [3.8, 4) is 5.69 Å². The molecule has 0 radical (unpaired) electrons. The van der Waals surface area contributed by atoms with E-state index in [9.17, 15) is 13.2 Å². The van der Waals surface area contributed by atoms with Gasteiger partial charge in [0.2, 0.25) is 0 Å². The highest BCUT2D eigenvalue weighted by molar-refractivity contribution is 9.10. The lowest BCUT2D eigenvalue weighted by Crippen LogP contribution is -2.11. The van der Waals surface area contributed by atoms with Gasteiger partial charge in [0.05, 0.1) is 17.4 Å². The van der Waals surface area contributed by atoms with E-state index >= 15 is 0 Å². The summed E-state index contributed by atoms with van der Waals surface area (Å²) in [5.41, 5.74) is 0.854. The molecule has 2 rings (SSSR count). The Morgan fingerprint density at radius 3 is 2.65 bits per heavy atom. The zero-order valence-electron chi connectivity index (χ0n) is 10.7. The maximum absolute atomic E-state index is 12.5. The van der Waals surface area contributed by atoms with Gasteiger partial charge in [-0.1, -0.05) is 13.0 Å². The molecule has 0 aliphatic rings. The van der Waals surface area contributed by atoms with E-state index in [4.69, 9.17) is 0 Å². The Hall–Kier alpha value is -1.34. The Balaban J connectivity index is 2.27. The van der Waals surface area contributed by atoms with Crippen LogP contribution in [-0.4, -0.2) is 16.3 Å². The van der Waals surface area contributed by atoms with Gasteiger partial charge in [0, 0.05) is 17.2 Å². The number of hydrogen-bond donors (Lipinski definition) is 1. The average molecular weight is 348 g/mol. The topological polar surface area (TPSA) is 29.9 Å². The van der Waals surface area contributed by atoms with E-state index in [2.05, 4.69) is 26.3 Å². The fraction of sp³-hybridized carbons (Fsp3) is 0.308. The van der Waals surface area contributed by atoms with Crippen molar-refractivity contribution in [3.05, 3.63) is 46.2 Å². The number of rotatable bonds is 4. The highest BCUT2D eigenvalue weighted by Gasteiger charge is 2.32. The van der Waals surface area contributed by atoms with Gasteiger partial charge in [0.25, 0.3) is 0 Å². The van der Waals surface area contributed by atoms with Gasteiger partial charge in [-0.25, -0.2) is 4.68 Å². The van der Waals surface area contributed by atoms with Crippen molar-refractivity contribution in [2.75, 3.05) is 6.54 Å². The predicted octanol–water partition coefficient (Wildman–Crippen LogP) is 3.76. The maximum atomic E-state index is 12.5. The van der Waals surface area contributed by atoms with Crippen molar-refractivity contribution < 1.29 is 13.2 Å². The maximum Gasteiger partial charge on any atom is 0.419 e. The van der Waals surface area contributed by atoms with Gasteiger partial charge in [0.15, 0.2) is 0 Å². The molecule has 0 saturated heterocycles. The first-order valence-corrected chi connectivity index (χ1v) is 6.82.